The molecule has 0 spiro atoms. The van der Waals surface area contributed by atoms with E-state index < -0.39 is 0 Å². The number of nitrogens with zero attached hydrogens (tertiary/aromatic N) is 4. The van der Waals surface area contributed by atoms with Gasteiger partial charge in [0, 0.05) is 44.5 Å². The van der Waals surface area contributed by atoms with E-state index in [-0.39, 0.29) is 17.9 Å². The van der Waals surface area contributed by atoms with Gasteiger partial charge in [-0.1, -0.05) is 48.5 Å². The maximum absolute atomic E-state index is 13.3. The van der Waals surface area contributed by atoms with Crippen molar-refractivity contribution in [2.45, 2.75) is 31.8 Å². The topological polar surface area (TPSA) is 62.6 Å². The summed E-state index contributed by atoms with van der Waals surface area (Å²) in [7, 11) is 0. The molecule has 39 heavy (non-hydrogen) atoms. The van der Waals surface area contributed by atoms with Crippen LogP contribution in [0.25, 0.3) is 0 Å². The standard InChI is InChI=1S/C32H36FN5O/c33-29-11-9-25(10-12-29)19-26-13-15-36(16-14-26)23-31-24-38(18-17-37(31)22-27-5-2-1-3-6-27)32(39)35-30-8-4-7-28(20-30)21-34/h1-12,20,26,31H,13-19,22-24H2,(H,35,39). The molecule has 2 fully saturated rings. The second kappa shape index (κ2) is 12.9. The molecular formula is C32H36FN5O. The highest BCUT2D eigenvalue weighted by Gasteiger charge is 2.32. The van der Waals surface area contributed by atoms with Gasteiger partial charge in [0.05, 0.1) is 11.6 Å². The zero-order valence-corrected chi connectivity index (χ0v) is 22.3. The van der Waals surface area contributed by atoms with Gasteiger partial charge in [0.15, 0.2) is 0 Å². The summed E-state index contributed by atoms with van der Waals surface area (Å²) in [5.74, 6) is 0.435. The molecule has 1 N–H and O–H groups in total. The Morgan fingerprint density at radius 2 is 1.69 bits per heavy atom. The number of rotatable bonds is 7. The quantitative estimate of drug-likeness (QED) is 0.451. The molecule has 3 aromatic carbocycles. The number of piperazine rings is 1. The van der Waals surface area contributed by atoms with E-state index >= 15 is 0 Å². The molecule has 2 aliphatic rings. The normalized spacial score (nSPS) is 19.0. The van der Waals surface area contributed by atoms with Crippen LogP contribution in [-0.2, 0) is 13.0 Å². The molecular weight excluding hydrogens is 489 g/mol. The summed E-state index contributed by atoms with van der Waals surface area (Å²) < 4.78 is 13.3. The Kier molecular flexibility index (Phi) is 8.87. The predicted octanol–water partition coefficient (Wildman–Crippen LogP) is 5.37. The highest BCUT2D eigenvalue weighted by molar-refractivity contribution is 5.89. The first kappa shape index (κ1) is 26.9. The Morgan fingerprint density at radius 1 is 0.923 bits per heavy atom. The Balaban J connectivity index is 1.20. The van der Waals surface area contributed by atoms with Crippen LogP contribution in [0.2, 0.25) is 0 Å². The number of carbonyl (C=O) groups is 1. The van der Waals surface area contributed by atoms with Crippen LogP contribution >= 0.6 is 0 Å². The number of hydrogen-bond acceptors (Lipinski definition) is 4. The fourth-order valence-electron chi connectivity index (χ4n) is 5.77. The minimum Gasteiger partial charge on any atom is -0.322 e. The smallest absolute Gasteiger partial charge is 0.321 e. The number of hydrogen-bond donors (Lipinski definition) is 1. The minimum absolute atomic E-state index is 0.118. The number of anilines is 1. The molecule has 0 aliphatic carbocycles. The van der Waals surface area contributed by atoms with E-state index in [2.05, 4.69) is 45.5 Å². The summed E-state index contributed by atoms with van der Waals surface area (Å²) in [4.78, 5) is 20.2. The van der Waals surface area contributed by atoms with Gasteiger partial charge in [0.1, 0.15) is 5.82 Å². The Hall–Kier alpha value is -3.73. The van der Waals surface area contributed by atoms with Crippen molar-refractivity contribution in [2.24, 2.45) is 5.92 Å². The summed E-state index contributed by atoms with van der Waals surface area (Å²) in [6.45, 7) is 5.99. The monoisotopic (exact) mass is 525 g/mol. The van der Waals surface area contributed by atoms with E-state index in [9.17, 15) is 14.4 Å². The molecule has 2 saturated heterocycles. The molecule has 202 valence electrons. The number of piperidine rings is 1. The summed E-state index contributed by atoms with van der Waals surface area (Å²) in [5.41, 5.74) is 3.66. The van der Waals surface area contributed by atoms with Gasteiger partial charge < -0.3 is 15.1 Å². The first-order chi connectivity index (χ1) is 19.1. The molecule has 5 rings (SSSR count). The first-order valence-electron chi connectivity index (χ1n) is 13.9. The van der Waals surface area contributed by atoms with Gasteiger partial charge in [-0.25, -0.2) is 9.18 Å². The lowest BCUT2D eigenvalue weighted by Gasteiger charge is -2.44. The fourth-order valence-corrected chi connectivity index (χ4v) is 5.77. The van der Waals surface area contributed by atoms with Crippen LogP contribution in [-0.4, -0.2) is 66.0 Å². The molecule has 1 unspecified atom stereocenters. The summed E-state index contributed by atoms with van der Waals surface area (Å²) in [5, 5.41) is 12.2. The second-order valence-electron chi connectivity index (χ2n) is 10.8. The van der Waals surface area contributed by atoms with Crippen molar-refractivity contribution < 1.29 is 9.18 Å². The summed E-state index contributed by atoms with van der Waals surface area (Å²) in [6, 6.07) is 26.7. The molecule has 6 nitrogen and oxygen atoms in total. The van der Waals surface area contributed by atoms with Crippen LogP contribution < -0.4 is 5.32 Å². The number of amides is 2. The van der Waals surface area contributed by atoms with Crippen LogP contribution in [0, 0.1) is 23.1 Å². The molecule has 0 radical (unpaired) electrons. The van der Waals surface area contributed by atoms with Crippen LogP contribution in [0.5, 0.6) is 0 Å². The lowest BCUT2D eigenvalue weighted by atomic mass is 9.90. The Morgan fingerprint density at radius 3 is 2.44 bits per heavy atom. The van der Waals surface area contributed by atoms with Gasteiger partial charge in [0.25, 0.3) is 0 Å². The number of nitrogens with one attached hydrogen (secondary N) is 1. The molecule has 0 bridgehead atoms. The van der Waals surface area contributed by atoms with Crippen molar-refractivity contribution in [3.63, 3.8) is 0 Å². The van der Waals surface area contributed by atoms with Gasteiger partial charge in [-0.2, -0.15) is 5.26 Å². The van der Waals surface area contributed by atoms with Crippen molar-refractivity contribution in [3.05, 3.63) is 101 Å². The van der Waals surface area contributed by atoms with Gasteiger partial charge >= 0.3 is 6.03 Å². The molecule has 1 atom stereocenters. The SMILES string of the molecule is N#Cc1cccc(NC(=O)N2CCN(Cc3ccccc3)C(CN3CCC(Cc4ccc(F)cc4)CC3)C2)c1. The van der Waals surface area contributed by atoms with E-state index in [4.69, 9.17) is 0 Å². The number of nitriles is 1. The largest absolute Gasteiger partial charge is 0.322 e. The Labute approximate surface area is 230 Å². The van der Waals surface area contributed by atoms with E-state index in [0.29, 0.717) is 30.3 Å². The third kappa shape index (κ3) is 7.44. The Bertz CT molecular complexity index is 1270. The number of carbonyl (C=O) groups excluding carboxylic acids is 1. The average molecular weight is 526 g/mol. The van der Waals surface area contributed by atoms with E-state index in [1.54, 1.807) is 30.3 Å². The predicted molar refractivity (Wildman–Crippen MR) is 152 cm³/mol. The maximum Gasteiger partial charge on any atom is 0.321 e. The fraction of sp³-hybridized carbons (Fsp3) is 0.375. The number of urea groups is 1. The van der Waals surface area contributed by atoms with E-state index in [1.165, 1.54) is 11.1 Å². The molecule has 0 aromatic heterocycles. The van der Waals surface area contributed by atoms with Crippen molar-refractivity contribution in [1.82, 2.24) is 14.7 Å². The lowest BCUT2D eigenvalue weighted by molar-refractivity contribution is 0.0528. The third-order valence-electron chi connectivity index (χ3n) is 7.98. The molecule has 3 aromatic rings. The van der Waals surface area contributed by atoms with Crippen molar-refractivity contribution in [1.29, 1.82) is 5.26 Å². The van der Waals surface area contributed by atoms with Crippen LogP contribution in [0.4, 0.5) is 14.9 Å². The zero-order valence-electron chi connectivity index (χ0n) is 22.3. The lowest BCUT2D eigenvalue weighted by Crippen LogP contribution is -2.59. The highest BCUT2D eigenvalue weighted by Crippen LogP contribution is 2.24. The molecule has 2 aliphatic heterocycles. The summed E-state index contributed by atoms with van der Waals surface area (Å²) >= 11 is 0. The zero-order chi connectivity index (χ0) is 27.0. The van der Waals surface area contributed by atoms with Gasteiger partial charge in [0.2, 0.25) is 0 Å². The van der Waals surface area contributed by atoms with Crippen LogP contribution in [0.15, 0.2) is 78.9 Å². The molecule has 2 heterocycles. The van der Waals surface area contributed by atoms with Crippen molar-refractivity contribution in [3.8, 4) is 6.07 Å². The van der Waals surface area contributed by atoms with E-state index in [1.807, 2.05) is 29.2 Å². The van der Waals surface area contributed by atoms with Crippen molar-refractivity contribution in [2.75, 3.05) is 44.6 Å². The molecule has 7 heteroatoms. The number of halogens is 1. The minimum atomic E-state index is -0.181. The number of likely N-dealkylation sites (tertiary alicyclic amines) is 1. The maximum atomic E-state index is 13.3. The highest BCUT2D eigenvalue weighted by atomic mass is 19.1. The van der Waals surface area contributed by atoms with Gasteiger partial charge in [-0.05, 0) is 79.7 Å². The van der Waals surface area contributed by atoms with Gasteiger partial charge in [-0.15, -0.1) is 0 Å². The average Bonchev–Trinajstić information content (AvgIpc) is 2.97. The second-order valence-corrected chi connectivity index (χ2v) is 10.8. The van der Waals surface area contributed by atoms with Crippen LogP contribution in [0.3, 0.4) is 0 Å². The van der Waals surface area contributed by atoms with Crippen LogP contribution in [0.1, 0.15) is 29.5 Å². The molecule has 0 saturated carbocycles. The molecule has 2 amide bonds. The number of benzene rings is 3. The summed E-state index contributed by atoms with van der Waals surface area (Å²) in [6.07, 6.45) is 3.25. The third-order valence-corrected chi connectivity index (χ3v) is 7.98. The van der Waals surface area contributed by atoms with Crippen molar-refractivity contribution >= 4 is 11.7 Å². The van der Waals surface area contributed by atoms with Gasteiger partial charge in [-0.3, -0.25) is 4.90 Å². The van der Waals surface area contributed by atoms with E-state index in [0.717, 1.165) is 52.0 Å². The first-order valence-corrected chi connectivity index (χ1v) is 13.9.